The standard InChI is InChI=1S/C12H18ClNO2S/c1-5-8-17(15,16)9-6-7-10(12(2,3)4)14-11(9)13/h6-7H,5,8H2,1-4H3. The molecule has 3 nitrogen and oxygen atoms in total. The average molecular weight is 276 g/mol. The van der Waals surface area contributed by atoms with E-state index in [-0.39, 0.29) is 21.2 Å². The molecule has 0 saturated heterocycles. The Kier molecular flexibility index (Phi) is 4.20. The molecule has 17 heavy (non-hydrogen) atoms. The summed E-state index contributed by atoms with van der Waals surface area (Å²) < 4.78 is 23.8. The summed E-state index contributed by atoms with van der Waals surface area (Å²) >= 11 is 5.97. The van der Waals surface area contributed by atoms with Crippen molar-refractivity contribution in [3.63, 3.8) is 0 Å². The first kappa shape index (κ1) is 14.5. The lowest BCUT2D eigenvalue weighted by Crippen LogP contribution is -2.15. The maximum Gasteiger partial charge on any atom is 0.181 e. The zero-order valence-corrected chi connectivity index (χ0v) is 12.2. The number of halogens is 1. The number of nitrogens with zero attached hydrogens (tertiary/aromatic N) is 1. The number of aromatic nitrogens is 1. The predicted molar refractivity (Wildman–Crippen MR) is 70.3 cm³/mol. The molecular formula is C12H18ClNO2S. The summed E-state index contributed by atoms with van der Waals surface area (Å²) in [5, 5.41) is 0.0749. The average Bonchev–Trinajstić information content (AvgIpc) is 2.15. The van der Waals surface area contributed by atoms with E-state index in [1.807, 2.05) is 27.7 Å². The third-order valence-electron chi connectivity index (χ3n) is 2.39. The first-order valence-corrected chi connectivity index (χ1v) is 7.61. The van der Waals surface area contributed by atoms with E-state index in [0.29, 0.717) is 6.42 Å². The molecule has 0 aliphatic rings. The molecule has 0 fully saturated rings. The van der Waals surface area contributed by atoms with Crippen molar-refractivity contribution in [3.8, 4) is 0 Å². The number of hydrogen-bond donors (Lipinski definition) is 0. The number of sulfone groups is 1. The van der Waals surface area contributed by atoms with Crippen molar-refractivity contribution in [2.75, 3.05) is 5.75 Å². The summed E-state index contributed by atoms with van der Waals surface area (Å²) in [5.41, 5.74) is 0.648. The van der Waals surface area contributed by atoms with Crippen LogP contribution in [0.25, 0.3) is 0 Å². The summed E-state index contributed by atoms with van der Waals surface area (Å²) in [6.45, 7) is 7.84. The molecule has 0 atom stereocenters. The van der Waals surface area contributed by atoms with Crippen LogP contribution < -0.4 is 0 Å². The van der Waals surface area contributed by atoms with Crippen LogP contribution in [0.3, 0.4) is 0 Å². The molecule has 1 aromatic heterocycles. The predicted octanol–water partition coefficient (Wildman–Crippen LogP) is 3.22. The van der Waals surface area contributed by atoms with Crippen LogP contribution in [0.1, 0.15) is 39.8 Å². The van der Waals surface area contributed by atoms with Gasteiger partial charge in [-0.15, -0.1) is 0 Å². The van der Waals surface area contributed by atoms with Crippen molar-refractivity contribution in [1.29, 1.82) is 0 Å². The first-order valence-electron chi connectivity index (χ1n) is 5.58. The summed E-state index contributed by atoms with van der Waals surface area (Å²) in [7, 11) is -3.30. The SMILES string of the molecule is CCCS(=O)(=O)c1ccc(C(C)(C)C)nc1Cl. The van der Waals surface area contributed by atoms with Crippen molar-refractivity contribution in [3.05, 3.63) is 23.0 Å². The Balaban J connectivity index is 3.24. The minimum Gasteiger partial charge on any atom is -0.239 e. The van der Waals surface area contributed by atoms with E-state index in [1.54, 1.807) is 12.1 Å². The molecule has 0 aromatic carbocycles. The second-order valence-electron chi connectivity index (χ2n) is 5.05. The van der Waals surface area contributed by atoms with E-state index in [2.05, 4.69) is 4.98 Å². The molecule has 0 amide bonds. The topological polar surface area (TPSA) is 47.0 Å². The molecule has 96 valence electrons. The quantitative estimate of drug-likeness (QED) is 0.796. The van der Waals surface area contributed by atoms with Gasteiger partial charge in [-0.1, -0.05) is 39.3 Å². The highest BCUT2D eigenvalue weighted by atomic mass is 35.5. The summed E-state index contributed by atoms with van der Waals surface area (Å²) in [4.78, 5) is 4.31. The largest absolute Gasteiger partial charge is 0.239 e. The molecule has 0 aliphatic heterocycles. The fourth-order valence-corrected chi connectivity index (χ4v) is 3.29. The normalized spacial score (nSPS) is 12.8. The Hall–Kier alpha value is -0.610. The molecule has 0 unspecified atom stereocenters. The van der Waals surface area contributed by atoms with Gasteiger partial charge < -0.3 is 0 Å². The first-order chi connectivity index (χ1) is 7.68. The van der Waals surface area contributed by atoms with Crippen LogP contribution in [0, 0.1) is 0 Å². The van der Waals surface area contributed by atoms with E-state index >= 15 is 0 Å². The monoisotopic (exact) mass is 275 g/mol. The van der Waals surface area contributed by atoms with Crippen LogP contribution in [-0.4, -0.2) is 19.2 Å². The second-order valence-corrected chi connectivity index (χ2v) is 7.49. The lowest BCUT2D eigenvalue weighted by molar-refractivity contribution is 0.565. The Morgan fingerprint density at radius 2 is 1.88 bits per heavy atom. The summed E-state index contributed by atoms with van der Waals surface area (Å²) in [6, 6.07) is 3.29. The van der Waals surface area contributed by atoms with Crippen molar-refractivity contribution in [1.82, 2.24) is 4.98 Å². The van der Waals surface area contributed by atoms with Crippen molar-refractivity contribution < 1.29 is 8.42 Å². The molecule has 0 bridgehead atoms. The maximum atomic E-state index is 11.9. The lowest BCUT2D eigenvalue weighted by Gasteiger charge is -2.18. The van der Waals surface area contributed by atoms with Gasteiger partial charge in [-0.05, 0) is 18.6 Å². The van der Waals surface area contributed by atoms with Gasteiger partial charge in [-0.2, -0.15) is 0 Å². The molecule has 1 aromatic rings. The molecule has 5 heteroatoms. The minimum absolute atomic E-state index is 0.0749. The van der Waals surface area contributed by atoms with Gasteiger partial charge in [0.15, 0.2) is 9.84 Å². The van der Waals surface area contributed by atoms with Crippen molar-refractivity contribution in [2.24, 2.45) is 0 Å². The molecule has 1 heterocycles. The van der Waals surface area contributed by atoms with Gasteiger partial charge >= 0.3 is 0 Å². The third-order valence-corrected chi connectivity index (χ3v) is 4.74. The highest BCUT2D eigenvalue weighted by Crippen LogP contribution is 2.26. The lowest BCUT2D eigenvalue weighted by atomic mass is 9.92. The fraction of sp³-hybridized carbons (Fsp3) is 0.583. The third kappa shape index (κ3) is 3.42. The number of pyridine rings is 1. The van der Waals surface area contributed by atoms with E-state index < -0.39 is 9.84 Å². The molecule has 0 saturated carbocycles. The molecular weight excluding hydrogens is 258 g/mol. The van der Waals surface area contributed by atoms with Crippen LogP contribution in [0.15, 0.2) is 17.0 Å². The Labute approximate surface area is 108 Å². The van der Waals surface area contributed by atoms with Crippen molar-refractivity contribution >= 4 is 21.4 Å². The number of rotatable bonds is 3. The highest BCUT2D eigenvalue weighted by Gasteiger charge is 2.22. The van der Waals surface area contributed by atoms with Crippen LogP contribution in [0.4, 0.5) is 0 Å². The van der Waals surface area contributed by atoms with Gasteiger partial charge in [0.1, 0.15) is 10.0 Å². The highest BCUT2D eigenvalue weighted by molar-refractivity contribution is 7.91. The van der Waals surface area contributed by atoms with Crippen molar-refractivity contribution in [2.45, 2.75) is 44.4 Å². The van der Waals surface area contributed by atoms with E-state index in [9.17, 15) is 8.42 Å². The van der Waals surface area contributed by atoms with Gasteiger partial charge in [-0.25, -0.2) is 13.4 Å². The van der Waals surface area contributed by atoms with E-state index in [4.69, 9.17) is 11.6 Å². The van der Waals surface area contributed by atoms with E-state index in [0.717, 1.165) is 5.69 Å². The van der Waals surface area contributed by atoms with Crippen LogP contribution in [0.2, 0.25) is 5.15 Å². The van der Waals surface area contributed by atoms with Crippen LogP contribution in [-0.2, 0) is 15.3 Å². The van der Waals surface area contributed by atoms with Gasteiger partial charge in [0.25, 0.3) is 0 Å². The maximum absolute atomic E-state index is 11.9. The van der Waals surface area contributed by atoms with Gasteiger partial charge in [0.05, 0.1) is 5.75 Å². The fourth-order valence-electron chi connectivity index (χ4n) is 1.45. The molecule has 1 rings (SSSR count). The van der Waals surface area contributed by atoms with Gasteiger partial charge in [0, 0.05) is 11.1 Å². The molecule has 0 N–H and O–H groups in total. The minimum atomic E-state index is -3.30. The summed E-state index contributed by atoms with van der Waals surface area (Å²) in [5.74, 6) is 0.100. The Morgan fingerprint density at radius 3 is 2.29 bits per heavy atom. The molecule has 0 radical (unpaired) electrons. The Bertz CT molecular complexity index is 504. The Morgan fingerprint density at radius 1 is 1.29 bits per heavy atom. The smallest absolute Gasteiger partial charge is 0.181 e. The van der Waals surface area contributed by atoms with E-state index in [1.165, 1.54) is 0 Å². The second kappa shape index (κ2) is 4.94. The molecule has 0 spiro atoms. The number of hydrogen-bond acceptors (Lipinski definition) is 3. The van der Waals surface area contributed by atoms with Gasteiger partial charge in [-0.3, -0.25) is 0 Å². The van der Waals surface area contributed by atoms with Crippen LogP contribution in [0.5, 0.6) is 0 Å². The summed E-state index contributed by atoms with van der Waals surface area (Å²) in [6.07, 6.45) is 0.569. The molecule has 0 aliphatic carbocycles. The zero-order valence-electron chi connectivity index (χ0n) is 10.6. The van der Waals surface area contributed by atoms with Gasteiger partial charge in [0.2, 0.25) is 0 Å². The zero-order chi connectivity index (χ0) is 13.3. The van der Waals surface area contributed by atoms with Crippen LogP contribution >= 0.6 is 11.6 Å².